The summed E-state index contributed by atoms with van der Waals surface area (Å²) in [7, 11) is 1.30. The monoisotopic (exact) mass is 473 g/mol. The third-order valence-electron chi connectivity index (χ3n) is 4.89. The number of azo groups is 1. The fourth-order valence-corrected chi connectivity index (χ4v) is 4.74. The number of aliphatic hydroxyl groups is 1. The standard InChI is InChI=1S/C23H27N3O6S/c1-5-31-16-11-10-14(12-17(16)32-6-2)25-26-20(13(3)27)21(28)24-22-19(23(29)30-4)15-8-7-9-18(15)33-22/h10-12,27H,5-9H2,1-4H3,(H,24,28)/b20-13+,26-25?. The van der Waals surface area contributed by atoms with Crippen LogP contribution in [0.5, 0.6) is 11.5 Å². The van der Waals surface area contributed by atoms with E-state index in [4.69, 9.17) is 14.2 Å². The van der Waals surface area contributed by atoms with Crippen molar-refractivity contribution in [2.75, 3.05) is 25.6 Å². The minimum atomic E-state index is -0.681. The molecule has 176 valence electrons. The van der Waals surface area contributed by atoms with Gasteiger partial charge in [-0.3, -0.25) is 4.79 Å². The minimum absolute atomic E-state index is 0.272. The van der Waals surface area contributed by atoms with Crippen LogP contribution < -0.4 is 14.8 Å². The number of methoxy groups -OCH3 is 1. The Hall–Kier alpha value is -3.40. The zero-order valence-corrected chi connectivity index (χ0v) is 19.9. The molecule has 0 radical (unpaired) electrons. The SMILES string of the molecule is CCOc1ccc(N=N/C(C(=O)Nc2sc3c(c2C(=O)OC)CCC3)=C(\C)O)cc1OCC. The molecule has 1 aromatic carbocycles. The van der Waals surface area contributed by atoms with Crippen LogP contribution in [-0.2, 0) is 22.4 Å². The van der Waals surface area contributed by atoms with E-state index < -0.39 is 11.9 Å². The predicted octanol–water partition coefficient (Wildman–Crippen LogP) is 5.33. The molecule has 33 heavy (non-hydrogen) atoms. The van der Waals surface area contributed by atoms with E-state index in [-0.39, 0.29) is 11.5 Å². The smallest absolute Gasteiger partial charge is 0.341 e. The van der Waals surface area contributed by atoms with Gasteiger partial charge in [-0.15, -0.1) is 16.5 Å². The maximum atomic E-state index is 12.9. The maximum absolute atomic E-state index is 12.9. The number of amides is 1. The van der Waals surface area contributed by atoms with Gasteiger partial charge >= 0.3 is 5.97 Å². The first-order chi connectivity index (χ1) is 15.9. The molecule has 1 amide bonds. The predicted molar refractivity (Wildman–Crippen MR) is 125 cm³/mol. The van der Waals surface area contributed by atoms with Crippen LogP contribution >= 0.6 is 11.3 Å². The molecular weight excluding hydrogens is 446 g/mol. The third-order valence-corrected chi connectivity index (χ3v) is 6.10. The van der Waals surface area contributed by atoms with Crippen LogP contribution in [0, 0.1) is 0 Å². The summed E-state index contributed by atoms with van der Waals surface area (Å²) in [5.41, 5.74) is 1.42. The number of hydrogen-bond donors (Lipinski definition) is 2. The lowest BCUT2D eigenvalue weighted by Crippen LogP contribution is -2.16. The van der Waals surface area contributed by atoms with Crippen molar-refractivity contribution in [2.45, 2.75) is 40.0 Å². The average molecular weight is 474 g/mol. The average Bonchev–Trinajstić information content (AvgIpc) is 3.36. The summed E-state index contributed by atoms with van der Waals surface area (Å²) in [4.78, 5) is 26.3. The Morgan fingerprint density at radius 2 is 1.88 bits per heavy atom. The molecule has 3 rings (SSSR count). The number of allylic oxidation sites excluding steroid dienone is 1. The molecule has 10 heteroatoms. The van der Waals surface area contributed by atoms with Crippen molar-refractivity contribution in [3.63, 3.8) is 0 Å². The number of carbonyl (C=O) groups is 2. The van der Waals surface area contributed by atoms with Gasteiger partial charge in [0.15, 0.2) is 17.2 Å². The van der Waals surface area contributed by atoms with E-state index in [1.54, 1.807) is 18.2 Å². The summed E-state index contributed by atoms with van der Waals surface area (Å²) < 4.78 is 16.0. The van der Waals surface area contributed by atoms with E-state index in [9.17, 15) is 14.7 Å². The van der Waals surface area contributed by atoms with Crippen LogP contribution in [0.25, 0.3) is 0 Å². The van der Waals surface area contributed by atoms with Gasteiger partial charge in [0.1, 0.15) is 10.8 Å². The topological polar surface area (TPSA) is 119 Å². The van der Waals surface area contributed by atoms with Crippen LogP contribution in [0.1, 0.15) is 48.0 Å². The van der Waals surface area contributed by atoms with Crippen LogP contribution in [0.4, 0.5) is 10.7 Å². The summed E-state index contributed by atoms with van der Waals surface area (Å²) in [6.45, 7) is 5.99. The Labute approximate surface area is 196 Å². The van der Waals surface area contributed by atoms with Gasteiger partial charge in [0, 0.05) is 10.9 Å². The molecule has 0 spiro atoms. The molecule has 0 atom stereocenters. The Balaban J connectivity index is 1.84. The van der Waals surface area contributed by atoms with Crippen LogP contribution in [0.2, 0.25) is 0 Å². The van der Waals surface area contributed by atoms with Crippen LogP contribution in [0.15, 0.2) is 39.9 Å². The fraction of sp³-hybridized carbons (Fsp3) is 0.391. The zero-order chi connectivity index (χ0) is 24.0. The number of anilines is 1. The fourth-order valence-electron chi connectivity index (χ4n) is 3.46. The maximum Gasteiger partial charge on any atom is 0.341 e. The number of ether oxygens (including phenoxy) is 3. The van der Waals surface area contributed by atoms with Gasteiger partial charge in [-0.2, -0.15) is 5.11 Å². The number of benzene rings is 1. The van der Waals surface area contributed by atoms with E-state index >= 15 is 0 Å². The highest BCUT2D eigenvalue weighted by Gasteiger charge is 2.29. The van der Waals surface area contributed by atoms with Gasteiger partial charge in [0.2, 0.25) is 0 Å². The van der Waals surface area contributed by atoms with Crippen molar-refractivity contribution in [1.82, 2.24) is 0 Å². The number of aliphatic hydroxyl groups excluding tert-OH is 1. The van der Waals surface area contributed by atoms with Gasteiger partial charge in [0.05, 0.1) is 31.6 Å². The van der Waals surface area contributed by atoms with Gasteiger partial charge in [0.25, 0.3) is 5.91 Å². The van der Waals surface area contributed by atoms with Gasteiger partial charge in [-0.05, 0) is 57.7 Å². The van der Waals surface area contributed by atoms with Crippen LogP contribution in [-0.4, -0.2) is 37.3 Å². The number of hydrogen-bond acceptors (Lipinski definition) is 9. The Kier molecular flexibility index (Phi) is 8.05. The molecule has 0 aliphatic heterocycles. The lowest BCUT2D eigenvalue weighted by Gasteiger charge is -2.11. The van der Waals surface area contributed by atoms with E-state index in [0.29, 0.717) is 41.0 Å². The first-order valence-electron chi connectivity index (χ1n) is 10.6. The normalized spacial score (nSPS) is 13.5. The minimum Gasteiger partial charge on any atom is -0.510 e. The molecule has 2 N–H and O–H groups in total. The van der Waals surface area contributed by atoms with Gasteiger partial charge < -0.3 is 24.6 Å². The van der Waals surface area contributed by atoms with Crippen LogP contribution in [0.3, 0.4) is 0 Å². The number of nitrogens with zero attached hydrogens (tertiary/aromatic N) is 2. The van der Waals surface area contributed by atoms with Gasteiger partial charge in [-0.25, -0.2) is 4.79 Å². The molecule has 0 unspecified atom stereocenters. The van der Waals surface area contributed by atoms with Crippen molar-refractivity contribution in [3.8, 4) is 11.5 Å². The molecule has 1 aliphatic rings. The number of aryl methyl sites for hydroxylation is 1. The summed E-state index contributed by atoms with van der Waals surface area (Å²) in [6.07, 6.45) is 2.56. The lowest BCUT2D eigenvalue weighted by atomic mass is 10.1. The summed E-state index contributed by atoms with van der Waals surface area (Å²) in [5.74, 6) is -0.417. The molecular formula is C23H27N3O6S. The van der Waals surface area contributed by atoms with E-state index in [1.807, 2.05) is 13.8 Å². The van der Waals surface area contributed by atoms with Crippen molar-refractivity contribution in [2.24, 2.45) is 10.2 Å². The number of carbonyl (C=O) groups excluding carboxylic acids is 2. The van der Waals surface area contributed by atoms with Crippen molar-refractivity contribution in [1.29, 1.82) is 0 Å². The Morgan fingerprint density at radius 3 is 2.55 bits per heavy atom. The number of esters is 1. The second-order valence-corrected chi connectivity index (χ2v) is 8.24. The zero-order valence-electron chi connectivity index (χ0n) is 19.1. The second kappa shape index (κ2) is 11.0. The number of rotatable bonds is 9. The van der Waals surface area contributed by atoms with E-state index in [1.165, 1.54) is 25.4 Å². The molecule has 0 saturated carbocycles. The summed E-state index contributed by atoms with van der Waals surface area (Å²) in [6, 6.07) is 5.01. The summed E-state index contributed by atoms with van der Waals surface area (Å²) >= 11 is 1.34. The highest BCUT2D eigenvalue weighted by molar-refractivity contribution is 7.17. The quantitative estimate of drug-likeness (QED) is 0.220. The molecule has 1 aliphatic carbocycles. The molecule has 1 aromatic heterocycles. The second-order valence-electron chi connectivity index (χ2n) is 7.14. The highest BCUT2D eigenvalue weighted by Crippen LogP contribution is 2.40. The molecule has 0 bridgehead atoms. The Bertz CT molecular complexity index is 1100. The van der Waals surface area contributed by atoms with E-state index in [0.717, 1.165) is 29.7 Å². The lowest BCUT2D eigenvalue weighted by molar-refractivity contribution is -0.113. The van der Waals surface area contributed by atoms with Gasteiger partial charge in [-0.1, -0.05) is 0 Å². The molecule has 0 fully saturated rings. The van der Waals surface area contributed by atoms with E-state index in [2.05, 4.69) is 15.5 Å². The number of nitrogens with one attached hydrogen (secondary N) is 1. The molecule has 9 nitrogen and oxygen atoms in total. The number of thiophene rings is 1. The Morgan fingerprint density at radius 1 is 1.15 bits per heavy atom. The first kappa shape index (κ1) is 24.2. The molecule has 0 saturated heterocycles. The number of fused-ring (bicyclic) bond motifs is 1. The molecule has 1 heterocycles. The van der Waals surface area contributed by atoms with Crippen molar-refractivity contribution in [3.05, 3.63) is 45.7 Å². The first-order valence-corrected chi connectivity index (χ1v) is 11.5. The third kappa shape index (κ3) is 5.51. The largest absolute Gasteiger partial charge is 0.510 e. The highest BCUT2D eigenvalue weighted by atomic mass is 32.1. The van der Waals surface area contributed by atoms with Crippen molar-refractivity contribution < 1.29 is 28.9 Å². The summed E-state index contributed by atoms with van der Waals surface area (Å²) in [5, 5.41) is 21.2. The van der Waals surface area contributed by atoms with Crippen molar-refractivity contribution >= 4 is 33.9 Å². The molecule has 2 aromatic rings.